The molecule has 0 spiro atoms. The van der Waals surface area contributed by atoms with Gasteiger partial charge in [-0.05, 0) is 32.4 Å². The molecule has 0 aliphatic carbocycles. The van der Waals surface area contributed by atoms with Crippen LogP contribution >= 0.6 is 23.5 Å². The van der Waals surface area contributed by atoms with Gasteiger partial charge in [0.05, 0.1) is 5.75 Å². The predicted octanol–water partition coefficient (Wildman–Crippen LogP) is 3.54. The maximum Gasteiger partial charge on any atom is 0.230 e. The number of nitrogens with one attached hydrogen (secondary N) is 1. The van der Waals surface area contributed by atoms with E-state index in [0.717, 1.165) is 22.9 Å². The lowest BCUT2D eigenvalue weighted by atomic mass is 10.2. The molecular weight excluding hydrogens is 338 g/mol. The molecule has 2 rings (SSSR count). The van der Waals surface area contributed by atoms with Crippen LogP contribution in [0.2, 0.25) is 0 Å². The van der Waals surface area contributed by atoms with Crippen molar-refractivity contribution in [3.63, 3.8) is 0 Å². The van der Waals surface area contributed by atoms with Crippen molar-refractivity contribution in [2.75, 3.05) is 18.1 Å². The van der Waals surface area contributed by atoms with Crippen molar-refractivity contribution in [3.8, 4) is 0 Å². The van der Waals surface area contributed by atoms with Crippen LogP contribution < -0.4 is 5.32 Å². The van der Waals surface area contributed by atoms with Crippen LogP contribution in [0.25, 0.3) is 0 Å². The monoisotopic (exact) mass is 361 g/mol. The first kappa shape index (κ1) is 18.8. The van der Waals surface area contributed by atoms with Crippen LogP contribution in [0.3, 0.4) is 0 Å². The second-order valence-electron chi connectivity index (χ2n) is 5.61. The zero-order valence-electron chi connectivity index (χ0n) is 14.3. The number of hydrogen-bond acceptors (Lipinski definition) is 5. The molecule has 0 atom stereocenters. The Morgan fingerprint density at radius 3 is 2.42 bits per heavy atom. The number of aromatic nitrogens is 2. The molecular formula is C18H23N3OS2. The van der Waals surface area contributed by atoms with Gasteiger partial charge in [0.25, 0.3) is 0 Å². The van der Waals surface area contributed by atoms with Crippen LogP contribution in [-0.2, 0) is 10.5 Å². The summed E-state index contributed by atoms with van der Waals surface area (Å²) < 4.78 is 0. The third-order valence-electron chi connectivity index (χ3n) is 3.25. The summed E-state index contributed by atoms with van der Waals surface area (Å²) in [5, 5.41) is 3.60. The van der Waals surface area contributed by atoms with Crippen molar-refractivity contribution in [3.05, 3.63) is 52.8 Å². The molecule has 6 heteroatoms. The van der Waals surface area contributed by atoms with Gasteiger partial charge in [0.2, 0.25) is 5.91 Å². The van der Waals surface area contributed by atoms with Crippen LogP contribution in [0, 0.1) is 20.8 Å². The minimum absolute atomic E-state index is 0.0266. The summed E-state index contributed by atoms with van der Waals surface area (Å²) in [4.78, 5) is 20.5. The van der Waals surface area contributed by atoms with Crippen molar-refractivity contribution in [1.29, 1.82) is 0 Å². The van der Waals surface area contributed by atoms with E-state index in [2.05, 4.69) is 46.5 Å². The first-order valence-electron chi connectivity index (χ1n) is 7.88. The lowest BCUT2D eigenvalue weighted by Crippen LogP contribution is -2.27. The lowest BCUT2D eigenvalue weighted by Gasteiger charge is -2.06. The fourth-order valence-corrected chi connectivity index (χ4v) is 3.67. The summed E-state index contributed by atoms with van der Waals surface area (Å²) in [5.74, 6) is 2.26. The van der Waals surface area contributed by atoms with Crippen LogP contribution in [0.5, 0.6) is 0 Å². The summed E-state index contributed by atoms with van der Waals surface area (Å²) in [7, 11) is 0. The SMILES string of the molecule is Cc1ccc(CSCCNC(=O)CSc2nc(C)cc(C)n2)cc1. The molecule has 1 heterocycles. The fraction of sp³-hybridized carbons (Fsp3) is 0.389. The zero-order valence-corrected chi connectivity index (χ0v) is 16.0. The maximum absolute atomic E-state index is 11.9. The van der Waals surface area contributed by atoms with Gasteiger partial charge in [-0.2, -0.15) is 11.8 Å². The van der Waals surface area contributed by atoms with Crippen LogP contribution in [0.1, 0.15) is 22.5 Å². The summed E-state index contributed by atoms with van der Waals surface area (Å²) in [6, 6.07) is 10.5. The highest BCUT2D eigenvalue weighted by Crippen LogP contribution is 2.14. The molecule has 1 aromatic heterocycles. The lowest BCUT2D eigenvalue weighted by molar-refractivity contribution is -0.118. The van der Waals surface area contributed by atoms with Crippen LogP contribution in [-0.4, -0.2) is 33.9 Å². The number of aryl methyl sites for hydroxylation is 3. The van der Waals surface area contributed by atoms with E-state index < -0.39 is 0 Å². The molecule has 0 radical (unpaired) electrons. The summed E-state index contributed by atoms with van der Waals surface area (Å²) >= 11 is 3.20. The number of amides is 1. The fourth-order valence-electron chi connectivity index (χ4n) is 2.08. The molecule has 0 saturated carbocycles. The average Bonchev–Trinajstić information content (AvgIpc) is 2.53. The molecule has 0 aliphatic heterocycles. The minimum atomic E-state index is 0.0266. The third kappa shape index (κ3) is 6.93. The standard InChI is InChI=1S/C18H23N3OS2/c1-13-4-6-16(7-5-13)11-23-9-8-19-17(22)12-24-18-20-14(2)10-15(3)21-18/h4-7,10H,8-9,11-12H2,1-3H3,(H,19,22). The number of hydrogen-bond donors (Lipinski definition) is 1. The molecule has 1 N–H and O–H groups in total. The number of nitrogens with zero attached hydrogens (tertiary/aromatic N) is 2. The Labute approximate surface area is 152 Å². The Hall–Kier alpha value is -1.53. The Balaban J connectivity index is 1.60. The Kier molecular flexibility index (Phi) is 7.59. The quantitative estimate of drug-likeness (QED) is 0.443. The molecule has 24 heavy (non-hydrogen) atoms. The Morgan fingerprint density at radius 1 is 1.08 bits per heavy atom. The van der Waals surface area contributed by atoms with Gasteiger partial charge < -0.3 is 5.32 Å². The molecule has 0 fully saturated rings. The largest absolute Gasteiger partial charge is 0.355 e. The minimum Gasteiger partial charge on any atom is -0.355 e. The third-order valence-corrected chi connectivity index (χ3v) is 5.13. The number of rotatable bonds is 8. The molecule has 128 valence electrons. The van der Waals surface area contributed by atoms with Gasteiger partial charge in [-0.25, -0.2) is 9.97 Å². The van der Waals surface area contributed by atoms with Crippen molar-refractivity contribution in [1.82, 2.24) is 15.3 Å². The smallest absolute Gasteiger partial charge is 0.230 e. The van der Waals surface area contributed by atoms with Gasteiger partial charge in [0.1, 0.15) is 0 Å². The first-order valence-corrected chi connectivity index (χ1v) is 10.0. The van der Waals surface area contributed by atoms with Gasteiger partial charge in [-0.15, -0.1) is 0 Å². The van der Waals surface area contributed by atoms with E-state index in [9.17, 15) is 4.79 Å². The first-order chi connectivity index (χ1) is 11.5. The van der Waals surface area contributed by atoms with Crippen molar-refractivity contribution >= 4 is 29.4 Å². The Bertz CT molecular complexity index is 654. The van der Waals surface area contributed by atoms with Gasteiger partial charge in [0, 0.05) is 29.4 Å². The number of benzene rings is 1. The van der Waals surface area contributed by atoms with Crippen LogP contribution in [0.4, 0.5) is 0 Å². The van der Waals surface area contributed by atoms with E-state index in [4.69, 9.17) is 0 Å². The predicted molar refractivity (Wildman–Crippen MR) is 103 cm³/mol. The molecule has 1 aromatic carbocycles. The number of thioether (sulfide) groups is 2. The highest BCUT2D eigenvalue weighted by molar-refractivity contribution is 7.99. The van der Waals surface area contributed by atoms with Crippen molar-refractivity contribution in [2.45, 2.75) is 31.7 Å². The van der Waals surface area contributed by atoms with E-state index in [-0.39, 0.29) is 5.91 Å². The Morgan fingerprint density at radius 2 is 1.75 bits per heavy atom. The second-order valence-corrected chi connectivity index (χ2v) is 7.66. The maximum atomic E-state index is 11.9. The van der Waals surface area contributed by atoms with E-state index in [1.807, 2.05) is 31.7 Å². The second kappa shape index (κ2) is 9.69. The summed E-state index contributed by atoms with van der Waals surface area (Å²) in [6.45, 7) is 6.64. The number of carbonyl (C=O) groups is 1. The highest BCUT2D eigenvalue weighted by atomic mass is 32.2. The van der Waals surface area contributed by atoms with E-state index in [0.29, 0.717) is 17.5 Å². The summed E-state index contributed by atoms with van der Waals surface area (Å²) in [5.41, 5.74) is 4.46. The highest BCUT2D eigenvalue weighted by Gasteiger charge is 2.05. The molecule has 4 nitrogen and oxygen atoms in total. The molecule has 2 aromatic rings. The van der Waals surface area contributed by atoms with E-state index in [1.54, 1.807) is 0 Å². The molecule has 0 saturated heterocycles. The molecule has 0 unspecified atom stereocenters. The zero-order chi connectivity index (χ0) is 17.4. The van der Waals surface area contributed by atoms with Gasteiger partial charge in [-0.1, -0.05) is 41.6 Å². The van der Waals surface area contributed by atoms with Gasteiger partial charge in [0.15, 0.2) is 5.16 Å². The average molecular weight is 362 g/mol. The van der Waals surface area contributed by atoms with Gasteiger partial charge >= 0.3 is 0 Å². The van der Waals surface area contributed by atoms with Gasteiger partial charge in [-0.3, -0.25) is 4.79 Å². The number of carbonyl (C=O) groups excluding carboxylic acids is 1. The van der Waals surface area contributed by atoms with E-state index >= 15 is 0 Å². The molecule has 0 aliphatic rings. The topological polar surface area (TPSA) is 54.9 Å². The molecule has 1 amide bonds. The summed E-state index contributed by atoms with van der Waals surface area (Å²) in [6.07, 6.45) is 0. The molecule has 0 bridgehead atoms. The van der Waals surface area contributed by atoms with Crippen LogP contribution in [0.15, 0.2) is 35.5 Å². The van der Waals surface area contributed by atoms with E-state index in [1.165, 1.54) is 22.9 Å². The van der Waals surface area contributed by atoms with Crippen molar-refractivity contribution < 1.29 is 4.79 Å². The van der Waals surface area contributed by atoms with Crippen molar-refractivity contribution in [2.24, 2.45) is 0 Å². The normalized spacial score (nSPS) is 10.6.